The number of carbonyl (C=O) groups is 1. The van der Waals surface area contributed by atoms with Crippen molar-refractivity contribution in [2.45, 2.75) is 33.4 Å². The van der Waals surface area contributed by atoms with Crippen LogP contribution >= 0.6 is 27.7 Å². The Morgan fingerprint density at radius 1 is 1.13 bits per heavy atom. The van der Waals surface area contributed by atoms with Crippen LogP contribution in [0.15, 0.2) is 58.1 Å². The van der Waals surface area contributed by atoms with Gasteiger partial charge in [0.15, 0.2) is 0 Å². The summed E-state index contributed by atoms with van der Waals surface area (Å²) < 4.78 is 3.28. The molecule has 4 nitrogen and oxygen atoms in total. The number of thioether (sulfide) groups is 1. The zero-order chi connectivity index (χ0) is 21.7. The van der Waals surface area contributed by atoms with E-state index in [0.717, 1.165) is 27.2 Å². The van der Waals surface area contributed by atoms with Crippen LogP contribution in [0.2, 0.25) is 0 Å². The molecular weight excluding hydrogens is 458 g/mol. The molecule has 1 aromatic heterocycles. The maximum atomic E-state index is 12.1. The Bertz CT molecular complexity index is 1090. The number of carbonyl (C=O) groups excluding carboxylic acids is 1. The second-order valence-corrected chi connectivity index (χ2v) is 9.27. The van der Waals surface area contributed by atoms with Crippen molar-refractivity contribution in [3.63, 3.8) is 0 Å². The van der Waals surface area contributed by atoms with Gasteiger partial charge in [-0.3, -0.25) is 4.79 Å². The predicted octanol–water partition coefficient (Wildman–Crippen LogP) is 5.86. The maximum absolute atomic E-state index is 12.1. The summed E-state index contributed by atoms with van der Waals surface area (Å²) in [5.74, 6) is 1.05. The van der Waals surface area contributed by atoms with Gasteiger partial charge in [-0.05, 0) is 63.1 Å². The molecule has 0 saturated carbocycles. The number of hydrazone groups is 1. The molecule has 0 aliphatic rings. The van der Waals surface area contributed by atoms with Gasteiger partial charge in [0, 0.05) is 32.9 Å². The van der Waals surface area contributed by atoms with E-state index in [9.17, 15) is 4.79 Å². The SMILES string of the molecule is Cc1ccc(-n2c(C)cc(C=NNC(=O)CSCc3cccc(Br)c3)c2C)c(C)c1. The van der Waals surface area contributed by atoms with Gasteiger partial charge in [-0.1, -0.05) is 45.8 Å². The lowest BCUT2D eigenvalue weighted by atomic mass is 10.1. The fourth-order valence-corrected chi connectivity index (χ4v) is 4.65. The molecule has 3 rings (SSSR count). The average Bonchev–Trinajstić information content (AvgIpc) is 2.96. The molecule has 1 heterocycles. The van der Waals surface area contributed by atoms with E-state index in [1.807, 2.05) is 12.1 Å². The van der Waals surface area contributed by atoms with Crippen molar-refractivity contribution in [1.82, 2.24) is 9.99 Å². The minimum absolute atomic E-state index is 0.102. The summed E-state index contributed by atoms with van der Waals surface area (Å²) in [7, 11) is 0. The quantitative estimate of drug-likeness (QED) is 0.338. The zero-order valence-corrected chi connectivity index (χ0v) is 20.1. The third-order valence-electron chi connectivity index (χ3n) is 4.85. The van der Waals surface area contributed by atoms with Crippen LogP contribution in [-0.4, -0.2) is 22.4 Å². The fourth-order valence-electron chi connectivity index (χ4n) is 3.44. The summed E-state index contributed by atoms with van der Waals surface area (Å²) in [6.45, 7) is 8.38. The molecule has 0 fully saturated rings. The van der Waals surface area contributed by atoms with Crippen LogP contribution in [0, 0.1) is 27.7 Å². The van der Waals surface area contributed by atoms with Gasteiger partial charge in [-0.15, -0.1) is 11.8 Å². The highest BCUT2D eigenvalue weighted by atomic mass is 79.9. The summed E-state index contributed by atoms with van der Waals surface area (Å²) >= 11 is 5.03. The van der Waals surface area contributed by atoms with Gasteiger partial charge in [0.2, 0.25) is 5.91 Å². The molecule has 1 N–H and O–H groups in total. The number of hydrogen-bond donors (Lipinski definition) is 1. The van der Waals surface area contributed by atoms with Crippen molar-refractivity contribution in [2.75, 3.05) is 5.75 Å². The topological polar surface area (TPSA) is 46.4 Å². The van der Waals surface area contributed by atoms with E-state index in [2.05, 4.69) is 95.1 Å². The molecule has 0 aliphatic heterocycles. The van der Waals surface area contributed by atoms with E-state index in [1.165, 1.54) is 22.4 Å². The van der Waals surface area contributed by atoms with E-state index in [0.29, 0.717) is 5.75 Å². The van der Waals surface area contributed by atoms with Crippen LogP contribution in [-0.2, 0) is 10.5 Å². The predicted molar refractivity (Wildman–Crippen MR) is 131 cm³/mol. The van der Waals surface area contributed by atoms with Gasteiger partial charge in [-0.2, -0.15) is 5.10 Å². The summed E-state index contributed by atoms with van der Waals surface area (Å²) in [5, 5.41) is 4.17. The first-order valence-electron chi connectivity index (χ1n) is 9.76. The molecule has 1 amide bonds. The number of aryl methyl sites for hydroxylation is 3. The molecule has 0 atom stereocenters. The molecule has 2 aromatic carbocycles. The van der Waals surface area contributed by atoms with Gasteiger partial charge in [0.25, 0.3) is 0 Å². The summed E-state index contributed by atoms with van der Waals surface area (Å²) in [6, 6.07) is 16.7. The van der Waals surface area contributed by atoms with Crippen LogP contribution in [0.5, 0.6) is 0 Å². The molecule has 0 radical (unpaired) electrons. The normalized spacial score (nSPS) is 11.2. The van der Waals surface area contributed by atoms with Crippen molar-refractivity contribution in [2.24, 2.45) is 5.10 Å². The second kappa shape index (κ2) is 10.1. The largest absolute Gasteiger partial charge is 0.318 e. The van der Waals surface area contributed by atoms with Gasteiger partial charge >= 0.3 is 0 Å². The standard InChI is InChI=1S/C24H26BrN3OS/c1-16-8-9-23(17(2)10-16)28-18(3)11-21(19(28)4)13-26-27-24(29)15-30-14-20-6-5-7-22(25)12-20/h5-13H,14-15H2,1-4H3,(H,27,29). The lowest BCUT2D eigenvalue weighted by Crippen LogP contribution is -2.19. The minimum Gasteiger partial charge on any atom is -0.318 e. The minimum atomic E-state index is -0.102. The van der Waals surface area contributed by atoms with Crippen LogP contribution < -0.4 is 5.43 Å². The van der Waals surface area contributed by atoms with Gasteiger partial charge < -0.3 is 4.57 Å². The fraction of sp³-hybridized carbons (Fsp3) is 0.250. The second-order valence-electron chi connectivity index (χ2n) is 7.37. The highest BCUT2D eigenvalue weighted by Crippen LogP contribution is 2.23. The number of rotatable bonds is 7. The average molecular weight is 484 g/mol. The van der Waals surface area contributed by atoms with Crippen molar-refractivity contribution in [3.8, 4) is 5.69 Å². The summed E-state index contributed by atoms with van der Waals surface area (Å²) in [4.78, 5) is 12.1. The Morgan fingerprint density at radius 2 is 1.93 bits per heavy atom. The van der Waals surface area contributed by atoms with E-state index >= 15 is 0 Å². The number of aromatic nitrogens is 1. The first-order valence-corrected chi connectivity index (χ1v) is 11.7. The Kier molecular flexibility index (Phi) is 7.56. The summed E-state index contributed by atoms with van der Waals surface area (Å²) in [6.07, 6.45) is 1.72. The van der Waals surface area contributed by atoms with Crippen molar-refractivity contribution in [1.29, 1.82) is 0 Å². The van der Waals surface area contributed by atoms with Crippen LogP contribution in [0.3, 0.4) is 0 Å². The smallest absolute Gasteiger partial charge is 0.250 e. The van der Waals surface area contributed by atoms with Crippen molar-refractivity contribution < 1.29 is 4.79 Å². The van der Waals surface area contributed by atoms with E-state index in [-0.39, 0.29) is 5.91 Å². The summed E-state index contributed by atoms with van der Waals surface area (Å²) in [5.41, 5.74) is 10.7. The van der Waals surface area contributed by atoms with E-state index in [4.69, 9.17) is 0 Å². The third-order valence-corrected chi connectivity index (χ3v) is 6.34. The third kappa shape index (κ3) is 5.64. The maximum Gasteiger partial charge on any atom is 0.250 e. The first kappa shape index (κ1) is 22.4. The number of nitrogens with zero attached hydrogens (tertiary/aromatic N) is 2. The molecule has 30 heavy (non-hydrogen) atoms. The van der Waals surface area contributed by atoms with Crippen LogP contribution in [0.25, 0.3) is 5.69 Å². The van der Waals surface area contributed by atoms with Crippen LogP contribution in [0.1, 0.15) is 33.6 Å². The molecule has 0 bridgehead atoms. The lowest BCUT2D eigenvalue weighted by Gasteiger charge is -2.13. The molecule has 0 aliphatic carbocycles. The Morgan fingerprint density at radius 3 is 2.67 bits per heavy atom. The molecule has 0 saturated heterocycles. The molecule has 6 heteroatoms. The molecule has 3 aromatic rings. The highest BCUT2D eigenvalue weighted by Gasteiger charge is 2.11. The number of benzene rings is 2. The number of hydrogen-bond acceptors (Lipinski definition) is 3. The molecular formula is C24H26BrN3OS. The molecule has 0 unspecified atom stereocenters. The van der Waals surface area contributed by atoms with Gasteiger partial charge in [0.05, 0.1) is 12.0 Å². The van der Waals surface area contributed by atoms with Crippen molar-refractivity contribution >= 4 is 39.8 Å². The highest BCUT2D eigenvalue weighted by molar-refractivity contribution is 9.10. The monoisotopic (exact) mass is 483 g/mol. The number of nitrogens with one attached hydrogen (secondary N) is 1. The van der Waals surface area contributed by atoms with Gasteiger partial charge in [0.1, 0.15) is 0 Å². The number of halogens is 1. The number of amides is 1. The zero-order valence-electron chi connectivity index (χ0n) is 17.7. The van der Waals surface area contributed by atoms with Crippen molar-refractivity contribution in [3.05, 3.63) is 86.6 Å². The molecule has 0 spiro atoms. The lowest BCUT2D eigenvalue weighted by molar-refractivity contribution is -0.118. The van der Waals surface area contributed by atoms with E-state index in [1.54, 1.807) is 18.0 Å². The molecule has 156 valence electrons. The van der Waals surface area contributed by atoms with Gasteiger partial charge in [-0.25, -0.2) is 5.43 Å². The van der Waals surface area contributed by atoms with Crippen LogP contribution in [0.4, 0.5) is 0 Å². The first-order chi connectivity index (χ1) is 14.3. The Hall–Kier alpha value is -2.31. The Labute approximate surface area is 190 Å². The Balaban J connectivity index is 1.59. The van der Waals surface area contributed by atoms with E-state index < -0.39 is 0 Å².